The largest absolute Gasteiger partial charge is 0.465 e. The Balaban J connectivity index is 1.86. The summed E-state index contributed by atoms with van der Waals surface area (Å²) in [5, 5.41) is 14.6. The van der Waals surface area contributed by atoms with Crippen LogP contribution in [0.2, 0.25) is 0 Å². The molecule has 24 heavy (non-hydrogen) atoms. The third kappa shape index (κ3) is 3.18. The second-order valence-corrected chi connectivity index (χ2v) is 5.96. The molecule has 1 aliphatic heterocycles. The first-order valence-corrected chi connectivity index (χ1v) is 8.02. The molecule has 1 aromatic heterocycles. The van der Waals surface area contributed by atoms with Crippen LogP contribution in [0.15, 0.2) is 34.9 Å². The van der Waals surface area contributed by atoms with E-state index in [-0.39, 0.29) is 18.4 Å². The molecule has 1 N–H and O–H groups in total. The molecule has 0 unspecified atom stereocenters. The zero-order chi connectivity index (χ0) is 17.2. The van der Waals surface area contributed by atoms with Gasteiger partial charge >= 0.3 is 5.97 Å². The number of nitrogens with zero attached hydrogens (tertiary/aromatic N) is 3. The summed E-state index contributed by atoms with van der Waals surface area (Å²) in [6.45, 7) is 4.54. The van der Waals surface area contributed by atoms with Gasteiger partial charge < -0.3 is 14.4 Å². The number of aryl methyl sites for hydroxylation is 1. The van der Waals surface area contributed by atoms with Crippen molar-refractivity contribution in [1.82, 2.24) is 15.0 Å². The summed E-state index contributed by atoms with van der Waals surface area (Å²) in [6.07, 6.45) is 0.414. The van der Waals surface area contributed by atoms with E-state index in [4.69, 9.17) is 9.26 Å². The summed E-state index contributed by atoms with van der Waals surface area (Å²) in [7, 11) is 0. The molecule has 3 rings (SSSR count). The summed E-state index contributed by atoms with van der Waals surface area (Å²) in [5.74, 6) is 0.342. The first-order chi connectivity index (χ1) is 11.5. The predicted molar refractivity (Wildman–Crippen MR) is 84.9 cm³/mol. The summed E-state index contributed by atoms with van der Waals surface area (Å²) in [4.78, 5) is 18.5. The van der Waals surface area contributed by atoms with E-state index in [1.807, 2.05) is 35.2 Å². The lowest BCUT2D eigenvalue weighted by Crippen LogP contribution is -2.37. The van der Waals surface area contributed by atoms with Crippen LogP contribution in [-0.2, 0) is 15.1 Å². The van der Waals surface area contributed by atoms with E-state index in [1.54, 1.807) is 13.8 Å². The van der Waals surface area contributed by atoms with Crippen molar-refractivity contribution in [2.24, 2.45) is 0 Å². The van der Waals surface area contributed by atoms with Crippen LogP contribution < -0.4 is 0 Å². The van der Waals surface area contributed by atoms with Crippen molar-refractivity contribution < 1.29 is 19.2 Å². The molecule has 0 aliphatic carbocycles. The van der Waals surface area contributed by atoms with Gasteiger partial charge in [-0.1, -0.05) is 35.5 Å². The van der Waals surface area contributed by atoms with Crippen LogP contribution in [0.5, 0.6) is 0 Å². The quantitative estimate of drug-likeness (QED) is 0.832. The van der Waals surface area contributed by atoms with Crippen molar-refractivity contribution in [2.75, 3.05) is 19.7 Å². The van der Waals surface area contributed by atoms with Crippen LogP contribution in [0.4, 0.5) is 0 Å². The van der Waals surface area contributed by atoms with Gasteiger partial charge in [0.2, 0.25) is 0 Å². The fourth-order valence-electron chi connectivity index (χ4n) is 3.06. The molecule has 1 fully saturated rings. The molecule has 7 nitrogen and oxygen atoms in total. The number of aliphatic hydroxyl groups is 1. The highest BCUT2D eigenvalue weighted by atomic mass is 16.5. The standard InChI is InChI=1S/C17H21N3O4/c1-3-23-15(21)14(13-7-5-4-6-8-13)20-10-9-17(22,11-20)16-18-12(2)19-24-16/h4-8,14,22H,3,9-11H2,1-2H3/t14-,17-/m0/s1. The summed E-state index contributed by atoms with van der Waals surface area (Å²) in [6, 6.07) is 8.86. The molecule has 0 saturated carbocycles. The van der Waals surface area contributed by atoms with Gasteiger partial charge in [-0.05, 0) is 25.8 Å². The number of esters is 1. The Hall–Kier alpha value is -2.25. The van der Waals surface area contributed by atoms with Gasteiger partial charge in [0, 0.05) is 13.1 Å². The molecule has 7 heteroatoms. The number of β-amino-alcohol motifs (C(OH)–C–C–N with tert-alkyl or cyclic N) is 1. The maximum Gasteiger partial charge on any atom is 0.328 e. The maximum atomic E-state index is 12.5. The number of carbonyl (C=O) groups is 1. The SMILES string of the molecule is CCOC(=O)[C@H](c1ccccc1)N1CC[C@@](O)(c2nc(C)no2)C1. The third-order valence-electron chi connectivity index (χ3n) is 4.19. The first kappa shape index (κ1) is 16.6. The molecule has 1 aliphatic rings. The van der Waals surface area contributed by atoms with Crippen molar-refractivity contribution in [3.63, 3.8) is 0 Å². The van der Waals surface area contributed by atoms with E-state index in [1.165, 1.54) is 0 Å². The minimum Gasteiger partial charge on any atom is -0.465 e. The zero-order valence-corrected chi connectivity index (χ0v) is 13.8. The molecule has 0 spiro atoms. The Kier molecular flexibility index (Phi) is 4.64. The number of aromatic nitrogens is 2. The maximum absolute atomic E-state index is 12.5. The average molecular weight is 331 g/mol. The van der Waals surface area contributed by atoms with Crippen molar-refractivity contribution in [3.05, 3.63) is 47.6 Å². The van der Waals surface area contributed by atoms with Crippen LogP contribution >= 0.6 is 0 Å². The van der Waals surface area contributed by atoms with Gasteiger partial charge in [-0.2, -0.15) is 4.98 Å². The van der Waals surface area contributed by atoms with Crippen LogP contribution in [0, 0.1) is 6.92 Å². The van der Waals surface area contributed by atoms with Gasteiger partial charge in [0.05, 0.1) is 6.61 Å². The molecule has 1 aromatic carbocycles. The Morgan fingerprint density at radius 1 is 1.46 bits per heavy atom. The predicted octanol–water partition coefficient (Wildman–Crippen LogP) is 1.58. The first-order valence-electron chi connectivity index (χ1n) is 8.02. The number of carbonyl (C=O) groups excluding carboxylic acids is 1. The van der Waals surface area contributed by atoms with Crippen molar-refractivity contribution in [1.29, 1.82) is 0 Å². The normalized spacial score (nSPS) is 22.5. The average Bonchev–Trinajstić information content (AvgIpc) is 3.17. The molecule has 2 heterocycles. The lowest BCUT2D eigenvalue weighted by molar-refractivity contribution is -0.149. The van der Waals surface area contributed by atoms with Gasteiger partial charge in [0.1, 0.15) is 6.04 Å². The van der Waals surface area contributed by atoms with Crippen molar-refractivity contribution in [2.45, 2.75) is 31.9 Å². The van der Waals surface area contributed by atoms with Gasteiger partial charge in [-0.3, -0.25) is 4.90 Å². The molecule has 1 saturated heterocycles. The molecule has 0 amide bonds. The summed E-state index contributed by atoms with van der Waals surface area (Å²) >= 11 is 0. The van der Waals surface area contributed by atoms with Crippen molar-refractivity contribution in [3.8, 4) is 0 Å². The van der Waals surface area contributed by atoms with Crippen LogP contribution in [0.25, 0.3) is 0 Å². The number of likely N-dealkylation sites (tertiary alicyclic amines) is 1. The van der Waals surface area contributed by atoms with E-state index in [9.17, 15) is 9.90 Å². The third-order valence-corrected chi connectivity index (χ3v) is 4.19. The number of hydrogen-bond acceptors (Lipinski definition) is 7. The smallest absolute Gasteiger partial charge is 0.328 e. The molecule has 0 radical (unpaired) electrons. The zero-order valence-electron chi connectivity index (χ0n) is 13.8. The molecular formula is C17H21N3O4. The molecular weight excluding hydrogens is 310 g/mol. The molecule has 2 atom stereocenters. The van der Waals surface area contributed by atoms with E-state index < -0.39 is 11.6 Å². The topological polar surface area (TPSA) is 88.7 Å². The second kappa shape index (κ2) is 6.70. The van der Waals surface area contributed by atoms with Gasteiger partial charge in [-0.15, -0.1) is 0 Å². The number of benzene rings is 1. The van der Waals surface area contributed by atoms with E-state index in [0.29, 0.717) is 25.4 Å². The number of ether oxygens (including phenoxy) is 1. The molecule has 128 valence electrons. The van der Waals surface area contributed by atoms with E-state index in [2.05, 4.69) is 10.1 Å². The Morgan fingerprint density at radius 2 is 2.21 bits per heavy atom. The fraction of sp³-hybridized carbons (Fsp3) is 0.471. The Labute approximate surface area is 140 Å². The molecule has 2 aromatic rings. The van der Waals surface area contributed by atoms with Crippen LogP contribution in [-0.4, -0.2) is 45.8 Å². The Bertz CT molecular complexity index is 703. The van der Waals surface area contributed by atoms with Gasteiger partial charge in [0.15, 0.2) is 11.4 Å². The monoisotopic (exact) mass is 331 g/mol. The van der Waals surface area contributed by atoms with Crippen LogP contribution in [0.3, 0.4) is 0 Å². The second-order valence-electron chi connectivity index (χ2n) is 5.96. The highest BCUT2D eigenvalue weighted by Gasteiger charge is 2.46. The van der Waals surface area contributed by atoms with Crippen LogP contribution in [0.1, 0.15) is 36.7 Å². The highest BCUT2D eigenvalue weighted by Crippen LogP contribution is 2.36. The molecule has 0 bridgehead atoms. The van der Waals surface area contributed by atoms with Gasteiger partial charge in [0.25, 0.3) is 5.89 Å². The number of hydrogen-bond donors (Lipinski definition) is 1. The lowest BCUT2D eigenvalue weighted by Gasteiger charge is -2.27. The van der Waals surface area contributed by atoms with Gasteiger partial charge in [-0.25, -0.2) is 4.79 Å². The number of rotatable bonds is 5. The lowest BCUT2D eigenvalue weighted by atomic mass is 10.0. The van der Waals surface area contributed by atoms with E-state index >= 15 is 0 Å². The minimum absolute atomic E-state index is 0.193. The van der Waals surface area contributed by atoms with E-state index in [0.717, 1.165) is 5.56 Å². The Morgan fingerprint density at radius 3 is 2.83 bits per heavy atom. The minimum atomic E-state index is -1.25. The van der Waals surface area contributed by atoms with Crippen molar-refractivity contribution >= 4 is 5.97 Å². The summed E-state index contributed by atoms with van der Waals surface area (Å²) < 4.78 is 10.4. The summed E-state index contributed by atoms with van der Waals surface area (Å²) in [5.41, 5.74) is -0.414. The fourth-order valence-corrected chi connectivity index (χ4v) is 3.06. The highest BCUT2D eigenvalue weighted by molar-refractivity contribution is 5.77.